The van der Waals surface area contributed by atoms with Crippen LogP contribution in [-0.4, -0.2) is 40.3 Å². The number of benzene rings is 1. The Hall–Kier alpha value is -2.63. The van der Waals surface area contributed by atoms with Crippen LogP contribution in [0.5, 0.6) is 5.88 Å². The van der Waals surface area contributed by atoms with Crippen molar-refractivity contribution in [2.75, 3.05) is 18.4 Å². The Bertz CT molecular complexity index is 718. The number of likely N-dealkylation sites (tertiary alicyclic amines) is 1. The van der Waals surface area contributed by atoms with Gasteiger partial charge in [-0.25, -0.2) is 4.79 Å². The van der Waals surface area contributed by atoms with Crippen LogP contribution >= 0.6 is 0 Å². The first-order chi connectivity index (χ1) is 12.4. The van der Waals surface area contributed by atoms with Crippen molar-refractivity contribution in [1.82, 2.24) is 15.1 Å². The number of hydrogen-bond acceptors (Lipinski definition) is 4. The van der Waals surface area contributed by atoms with Gasteiger partial charge in [-0.3, -0.25) is 0 Å². The van der Waals surface area contributed by atoms with Gasteiger partial charge in [-0.15, -0.1) is 5.10 Å². The van der Waals surface area contributed by atoms with E-state index in [1.165, 1.54) is 5.56 Å². The van der Waals surface area contributed by atoms with Crippen LogP contribution in [0.15, 0.2) is 42.6 Å². The molecule has 0 spiro atoms. The summed E-state index contributed by atoms with van der Waals surface area (Å²) in [7, 11) is 0. The lowest BCUT2D eigenvalue weighted by Gasteiger charge is -2.31. The highest BCUT2D eigenvalue weighted by Crippen LogP contribution is 2.24. The van der Waals surface area contributed by atoms with E-state index >= 15 is 0 Å². The van der Waals surface area contributed by atoms with Crippen molar-refractivity contribution in [3.63, 3.8) is 0 Å². The number of hydrogen-bond donors (Lipinski definition) is 1. The van der Waals surface area contributed by atoms with Gasteiger partial charge in [-0.1, -0.05) is 32.9 Å². The molecule has 1 saturated heterocycles. The molecule has 0 bridgehead atoms. The summed E-state index contributed by atoms with van der Waals surface area (Å²) in [5.41, 5.74) is 2.17. The van der Waals surface area contributed by atoms with Gasteiger partial charge in [0.05, 0.1) is 0 Å². The molecule has 0 saturated carbocycles. The van der Waals surface area contributed by atoms with E-state index in [2.05, 4.69) is 48.4 Å². The number of amides is 2. The van der Waals surface area contributed by atoms with Crippen molar-refractivity contribution >= 4 is 11.7 Å². The molecule has 3 rings (SSSR count). The zero-order chi connectivity index (χ0) is 18.6. The summed E-state index contributed by atoms with van der Waals surface area (Å²) >= 11 is 0. The molecule has 1 aromatic heterocycles. The predicted octanol–water partition coefficient (Wildman–Crippen LogP) is 3.85. The number of nitrogens with one attached hydrogen (secondary N) is 1. The SMILES string of the molecule is CC(C)(C)c1ccc(NC(=O)N2CCC(Oc3cccnn3)CC2)cc1. The van der Waals surface area contributed by atoms with Crippen LogP contribution in [0.2, 0.25) is 0 Å². The summed E-state index contributed by atoms with van der Waals surface area (Å²) in [4.78, 5) is 14.3. The van der Waals surface area contributed by atoms with E-state index < -0.39 is 0 Å². The summed E-state index contributed by atoms with van der Waals surface area (Å²) in [5.74, 6) is 0.536. The average Bonchev–Trinajstić information content (AvgIpc) is 2.63. The zero-order valence-electron chi connectivity index (χ0n) is 15.6. The van der Waals surface area contributed by atoms with Crippen molar-refractivity contribution in [3.8, 4) is 5.88 Å². The average molecular weight is 354 g/mol. The standard InChI is InChI=1S/C20H26N4O2/c1-20(2,3)15-6-8-16(9-7-15)22-19(25)24-13-10-17(11-14-24)26-18-5-4-12-21-23-18/h4-9,12,17H,10-11,13-14H2,1-3H3,(H,22,25). The maximum atomic E-state index is 12.5. The normalized spacial score (nSPS) is 15.6. The lowest BCUT2D eigenvalue weighted by atomic mass is 9.87. The fraction of sp³-hybridized carbons (Fsp3) is 0.450. The molecule has 0 atom stereocenters. The molecule has 26 heavy (non-hydrogen) atoms. The summed E-state index contributed by atoms with van der Waals surface area (Å²) in [6, 6.07) is 11.6. The Labute approximate surface area is 154 Å². The van der Waals surface area contributed by atoms with Crippen molar-refractivity contribution < 1.29 is 9.53 Å². The van der Waals surface area contributed by atoms with Gasteiger partial charge in [0.15, 0.2) is 0 Å². The number of nitrogens with zero attached hydrogens (tertiary/aromatic N) is 3. The number of urea groups is 1. The Balaban J connectivity index is 1.49. The van der Waals surface area contributed by atoms with Crippen molar-refractivity contribution in [1.29, 1.82) is 0 Å². The molecule has 6 heteroatoms. The number of rotatable bonds is 3. The Morgan fingerprint density at radius 3 is 2.42 bits per heavy atom. The highest BCUT2D eigenvalue weighted by Gasteiger charge is 2.24. The second-order valence-electron chi connectivity index (χ2n) is 7.62. The second-order valence-corrected chi connectivity index (χ2v) is 7.62. The third-order valence-corrected chi connectivity index (χ3v) is 4.57. The van der Waals surface area contributed by atoms with Gasteiger partial charge in [0.2, 0.25) is 5.88 Å². The topological polar surface area (TPSA) is 67.4 Å². The van der Waals surface area contributed by atoms with E-state index in [0.29, 0.717) is 19.0 Å². The Morgan fingerprint density at radius 2 is 1.85 bits per heavy atom. The lowest BCUT2D eigenvalue weighted by Crippen LogP contribution is -2.43. The molecule has 0 aliphatic carbocycles. The fourth-order valence-corrected chi connectivity index (χ4v) is 2.95. The molecule has 2 heterocycles. The molecule has 138 valence electrons. The van der Waals surface area contributed by atoms with Crippen LogP contribution in [0.3, 0.4) is 0 Å². The third-order valence-electron chi connectivity index (χ3n) is 4.57. The van der Waals surface area contributed by atoms with Crippen molar-refractivity contribution in [2.45, 2.75) is 45.1 Å². The minimum Gasteiger partial charge on any atom is -0.473 e. The molecule has 0 radical (unpaired) electrons. The summed E-state index contributed by atoms with van der Waals surface area (Å²) in [6.07, 6.45) is 3.26. The Kier molecular flexibility index (Phi) is 5.40. The van der Waals surface area contributed by atoms with E-state index in [1.54, 1.807) is 18.3 Å². The molecule has 0 unspecified atom stereocenters. The van der Waals surface area contributed by atoms with Gasteiger partial charge in [-0.2, -0.15) is 5.10 Å². The highest BCUT2D eigenvalue weighted by atomic mass is 16.5. The van der Waals surface area contributed by atoms with Gasteiger partial charge >= 0.3 is 6.03 Å². The molecule has 1 aliphatic rings. The first-order valence-electron chi connectivity index (χ1n) is 9.03. The molecule has 2 amide bonds. The minimum atomic E-state index is -0.0635. The van der Waals surface area contributed by atoms with Crippen molar-refractivity contribution in [3.05, 3.63) is 48.2 Å². The van der Waals surface area contributed by atoms with Gasteiger partial charge < -0.3 is 15.0 Å². The first-order valence-corrected chi connectivity index (χ1v) is 9.03. The smallest absolute Gasteiger partial charge is 0.321 e. The quantitative estimate of drug-likeness (QED) is 0.909. The molecular formula is C20H26N4O2. The van der Waals surface area contributed by atoms with Gasteiger partial charge in [-0.05, 0) is 29.2 Å². The number of carbonyl (C=O) groups excluding carboxylic acids is 1. The number of anilines is 1. The van der Waals surface area contributed by atoms with Gasteiger partial charge in [0.1, 0.15) is 6.10 Å². The lowest BCUT2D eigenvalue weighted by molar-refractivity contribution is 0.110. The van der Waals surface area contributed by atoms with E-state index in [1.807, 2.05) is 17.0 Å². The number of piperidine rings is 1. The van der Waals surface area contributed by atoms with Crippen LogP contribution in [0.4, 0.5) is 10.5 Å². The minimum absolute atomic E-state index is 0.0635. The zero-order valence-corrected chi connectivity index (χ0v) is 15.6. The van der Waals surface area contributed by atoms with Crippen LogP contribution < -0.4 is 10.1 Å². The monoisotopic (exact) mass is 354 g/mol. The highest BCUT2D eigenvalue weighted by molar-refractivity contribution is 5.89. The number of aromatic nitrogens is 2. The second kappa shape index (κ2) is 7.72. The van der Waals surface area contributed by atoms with Crippen LogP contribution in [0.25, 0.3) is 0 Å². The molecular weight excluding hydrogens is 328 g/mol. The fourth-order valence-electron chi connectivity index (χ4n) is 2.95. The molecule has 6 nitrogen and oxygen atoms in total. The maximum Gasteiger partial charge on any atom is 0.321 e. The summed E-state index contributed by atoms with van der Waals surface area (Å²) in [6.45, 7) is 7.85. The third kappa shape index (κ3) is 4.71. The van der Waals surface area contributed by atoms with Gasteiger partial charge in [0, 0.05) is 43.9 Å². The van der Waals surface area contributed by atoms with E-state index in [0.717, 1.165) is 18.5 Å². The van der Waals surface area contributed by atoms with Crippen LogP contribution in [0.1, 0.15) is 39.2 Å². The summed E-state index contributed by atoms with van der Waals surface area (Å²) in [5, 5.41) is 10.7. The number of ether oxygens (including phenoxy) is 1. The van der Waals surface area contributed by atoms with Gasteiger partial charge in [0.25, 0.3) is 0 Å². The maximum absolute atomic E-state index is 12.5. The molecule has 1 fully saturated rings. The largest absolute Gasteiger partial charge is 0.473 e. The predicted molar refractivity (Wildman–Crippen MR) is 101 cm³/mol. The molecule has 1 aliphatic heterocycles. The van der Waals surface area contributed by atoms with E-state index in [4.69, 9.17) is 4.74 Å². The molecule has 1 N–H and O–H groups in total. The molecule has 1 aromatic carbocycles. The number of carbonyl (C=O) groups is 1. The molecule has 2 aromatic rings. The van der Waals surface area contributed by atoms with E-state index in [9.17, 15) is 4.79 Å². The van der Waals surface area contributed by atoms with Crippen molar-refractivity contribution in [2.24, 2.45) is 0 Å². The summed E-state index contributed by atoms with van der Waals surface area (Å²) < 4.78 is 5.81. The van der Waals surface area contributed by atoms with Crippen LogP contribution in [0, 0.1) is 0 Å². The first kappa shape index (κ1) is 18.2. The van der Waals surface area contributed by atoms with Crippen LogP contribution in [-0.2, 0) is 5.41 Å². The van der Waals surface area contributed by atoms with E-state index in [-0.39, 0.29) is 17.6 Å². The Morgan fingerprint density at radius 1 is 1.15 bits per heavy atom.